The quantitative estimate of drug-likeness (QED) is 0.556. The molecule has 1 aromatic carbocycles. The maximum absolute atomic E-state index is 2.00. The summed E-state index contributed by atoms with van der Waals surface area (Å²) in [4.78, 5) is 0. The average Bonchev–Trinajstić information content (AvgIpc) is 1.76. The van der Waals surface area contributed by atoms with Gasteiger partial charge in [0.1, 0.15) is 0 Å². The summed E-state index contributed by atoms with van der Waals surface area (Å²) in [6, 6.07) is 10.0. The summed E-state index contributed by atoms with van der Waals surface area (Å²) in [5.74, 6) is 0. The van der Waals surface area contributed by atoms with E-state index in [0.717, 1.165) is 0 Å². The van der Waals surface area contributed by atoms with Crippen molar-refractivity contribution in [1.29, 1.82) is 0 Å². The Hall–Kier alpha value is 0.0383. The molecular weight excluding hydrogens is 351 g/mol. The molecule has 0 fully saturated rings. The minimum Gasteiger partial charge on any atom is -0.358 e. The van der Waals surface area contributed by atoms with E-state index in [4.69, 9.17) is 0 Å². The largest absolute Gasteiger partial charge is 0.358 e. The van der Waals surface area contributed by atoms with Crippen molar-refractivity contribution < 1.29 is 21.1 Å². The summed E-state index contributed by atoms with van der Waals surface area (Å²) >= 11 is 0. The standard InChI is InChI=1S/C5H5.8CH3.Pt/c1-2-4-5-3-1;;;;;;;;;/h1-5H;8*1H3;/q9*-1;. The molecule has 0 aliphatic heterocycles. The minimum atomic E-state index is 0. The molecule has 0 saturated heterocycles. The van der Waals surface area contributed by atoms with E-state index in [2.05, 4.69) is 0 Å². The van der Waals surface area contributed by atoms with E-state index in [1.165, 1.54) is 0 Å². The average molecular weight is 380 g/mol. The van der Waals surface area contributed by atoms with Crippen molar-refractivity contribution in [3.63, 3.8) is 0 Å². The van der Waals surface area contributed by atoms with Gasteiger partial charge in [-0.2, -0.15) is 18.2 Å². The number of hydrogen-bond donors (Lipinski definition) is 0. The van der Waals surface area contributed by atoms with Crippen molar-refractivity contribution in [2.24, 2.45) is 0 Å². The topological polar surface area (TPSA) is 0 Å². The Balaban J connectivity index is -0.00000000397. The molecule has 0 aliphatic carbocycles. The Morgan fingerprint density at radius 2 is 0.714 bits per heavy atom. The third-order valence-corrected chi connectivity index (χ3v) is 0.556. The summed E-state index contributed by atoms with van der Waals surface area (Å²) in [5.41, 5.74) is 0. The van der Waals surface area contributed by atoms with Gasteiger partial charge in [-0.3, -0.25) is 0 Å². The van der Waals surface area contributed by atoms with Gasteiger partial charge in [-0.05, 0) is 0 Å². The number of rotatable bonds is 0. The van der Waals surface area contributed by atoms with Gasteiger partial charge in [0.25, 0.3) is 0 Å². The molecule has 0 saturated carbocycles. The third-order valence-electron chi connectivity index (χ3n) is 0.556. The van der Waals surface area contributed by atoms with Crippen LogP contribution in [-0.4, -0.2) is 0 Å². The van der Waals surface area contributed by atoms with Crippen LogP contribution in [0.2, 0.25) is 0 Å². The normalized spacial score (nSPS) is 2.86. The zero-order valence-corrected chi connectivity index (χ0v) is 13.5. The molecule has 0 aromatic heterocycles. The fourth-order valence-corrected chi connectivity index (χ4v) is 0.321. The summed E-state index contributed by atoms with van der Waals surface area (Å²) in [7, 11) is 0. The second-order valence-corrected chi connectivity index (χ2v) is 0.962. The maximum atomic E-state index is 2.00. The van der Waals surface area contributed by atoms with Gasteiger partial charge < -0.3 is 59.4 Å². The van der Waals surface area contributed by atoms with Crippen molar-refractivity contribution in [1.82, 2.24) is 0 Å². The van der Waals surface area contributed by atoms with E-state index >= 15 is 0 Å². The van der Waals surface area contributed by atoms with Crippen molar-refractivity contribution in [3.05, 3.63) is 89.7 Å². The van der Waals surface area contributed by atoms with Crippen LogP contribution in [-0.2, 0) is 21.1 Å². The third kappa shape index (κ3) is 57.8. The van der Waals surface area contributed by atoms with Gasteiger partial charge in [-0.25, -0.2) is 12.1 Å². The first kappa shape index (κ1) is 94.0. The molecule has 0 N–H and O–H groups in total. The molecule has 0 amide bonds. The molecule has 0 spiro atoms. The van der Waals surface area contributed by atoms with E-state index in [0.29, 0.717) is 0 Å². The monoisotopic (exact) mass is 380 g/mol. The fraction of sp³-hybridized carbons (Fsp3) is 0. The molecule has 0 heterocycles. The van der Waals surface area contributed by atoms with Crippen LogP contribution in [0.5, 0.6) is 0 Å². The van der Waals surface area contributed by atoms with E-state index in [-0.39, 0.29) is 80.5 Å². The van der Waals surface area contributed by atoms with Crippen LogP contribution < -0.4 is 0 Å². The molecule has 1 rings (SSSR count). The summed E-state index contributed by atoms with van der Waals surface area (Å²) < 4.78 is 0. The van der Waals surface area contributed by atoms with Gasteiger partial charge >= 0.3 is 0 Å². The Kier molecular flexibility index (Phi) is 500. The van der Waals surface area contributed by atoms with Crippen LogP contribution in [0.1, 0.15) is 0 Å². The van der Waals surface area contributed by atoms with Crippen LogP contribution in [0.3, 0.4) is 0 Å². The van der Waals surface area contributed by atoms with Crippen LogP contribution in [0.15, 0.2) is 30.3 Å². The van der Waals surface area contributed by atoms with Crippen LogP contribution >= 0.6 is 0 Å². The van der Waals surface area contributed by atoms with E-state index < -0.39 is 0 Å². The zero-order chi connectivity index (χ0) is 3.54. The van der Waals surface area contributed by atoms with Gasteiger partial charge in [0, 0.05) is 21.1 Å². The van der Waals surface area contributed by atoms with Gasteiger partial charge in [0.15, 0.2) is 0 Å². The van der Waals surface area contributed by atoms with Gasteiger partial charge in [-0.15, -0.1) is 0 Å². The number of hydrogen-bond acceptors (Lipinski definition) is 0. The predicted molar refractivity (Wildman–Crippen MR) is 73.3 cm³/mol. The van der Waals surface area contributed by atoms with Crippen molar-refractivity contribution >= 4 is 0 Å². The first-order valence-corrected chi connectivity index (χ1v) is 1.67. The van der Waals surface area contributed by atoms with Crippen molar-refractivity contribution in [2.75, 3.05) is 0 Å². The molecule has 0 unspecified atom stereocenters. The Morgan fingerprint density at radius 1 is 0.500 bits per heavy atom. The Morgan fingerprint density at radius 3 is 0.786 bits per heavy atom. The van der Waals surface area contributed by atoms with Crippen LogP contribution in [0.25, 0.3) is 0 Å². The molecule has 0 aliphatic rings. The van der Waals surface area contributed by atoms with Gasteiger partial charge in [0.2, 0.25) is 0 Å². The van der Waals surface area contributed by atoms with E-state index in [9.17, 15) is 0 Å². The van der Waals surface area contributed by atoms with Crippen LogP contribution in [0.4, 0.5) is 0 Å². The fourth-order valence-electron chi connectivity index (χ4n) is 0.321. The predicted octanol–water partition coefficient (Wildman–Crippen LogP) is 5.01. The second-order valence-electron chi connectivity index (χ2n) is 0.962. The van der Waals surface area contributed by atoms with E-state index in [1.54, 1.807) is 0 Å². The summed E-state index contributed by atoms with van der Waals surface area (Å²) in [5, 5.41) is 0. The first-order chi connectivity index (χ1) is 2.50. The molecule has 0 nitrogen and oxygen atoms in total. The SMILES string of the molecule is [CH3-].[CH3-].[CH3-].[CH3-].[CH3-].[CH3-].[CH3-].[CH3-].[Pt].c1cc[cH-]c1. The van der Waals surface area contributed by atoms with Crippen LogP contribution in [0, 0.1) is 59.4 Å². The van der Waals surface area contributed by atoms with Crippen molar-refractivity contribution in [2.45, 2.75) is 0 Å². The maximum Gasteiger partial charge on any atom is 0 e. The van der Waals surface area contributed by atoms with Gasteiger partial charge in [-0.1, -0.05) is 0 Å². The zero-order valence-electron chi connectivity index (χ0n) is 11.2. The first-order valence-electron chi connectivity index (χ1n) is 1.67. The molecule has 0 atom stereocenters. The minimum absolute atomic E-state index is 0. The molecule has 14 heavy (non-hydrogen) atoms. The summed E-state index contributed by atoms with van der Waals surface area (Å²) in [6.45, 7) is 0. The smallest absolute Gasteiger partial charge is 0 e. The Labute approximate surface area is 111 Å². The molecule has 0 bridgehead atoms. The second kappa shape index (κ2) is 74.4. The molecule has 1 heteroatoms. The Bertz CT molecular complexity index is 61.7. The summed E-state index contributed by atoms with van der Waals surface area (Å²) in [6.07, 6.45) is 0. The van der Waals surface area contributed by atoms with Gasteiger partial charge in [0.05, 0.1) is 0 Å². The molecule has 100 valence electrons. The molecule has 0 radical (unpaired) electrons. The molecular formula is C13H29Pt-9. The molecule has 1 aromatic rings. The van der Waals surface area contributed by atoms with E-state index in [1.807, 2.05) is 30.3 Å². The van der Waals surface area contributed by atoms with Crippen molar-refractivity contribution in [3.8, 4) is 0 Å².